The molecule has 0 spiro atoms. The lowest BCUT2D eigenvalue weighted by atomic mass is 10.0. The highest BCUT2D eigenvalue weighted by molar-refractivity contribution is 5.85. The number of carbonyl (C=O) groups excluding carboxylic acids is 2. The first-order valence-electron chi connectivity index (χ1n) is 8.73. The molecule has 2 aromatic rings. The number of likely N-dealkylation sites (tertiary alicyclic amines) is 1. The summed E-state index contributed by atoms with van der Waals surface area (Å²) in [6.07, 6.45) is 4.75. The third-order valence-electron chi connectivity index (χ3n) is 4.61. The average Bonchev–Trinajstić information content (AvgIpc) is 3.07. The molecule has 1 fully saturated rings. The first-order valence-corrected chi connectivity index (χ1v) is 8.73. The van der Waals surface area contributed by atoms with Crippen LogP contribution in [0.4, 0.5) is 4.79 Å². The van der Waals surface area contributed by atoms with E-state index in [1.165, 1.54) is 12.0 Å². The number of rotatable bonds is 5. The third-order valence-corrected chi connectivity index (χ3v) is 4.61. The Bertz CT molecular complexity index is 743. The molecule has 1 atom stereocenters. The summed E-state index contributed by atoms with van der Waals surface area (Å²) in [6.45, 7) is 1.86. The van der Waals surface area contributed by atoms with Gasteiger partial charge in [0.15, 0.2) is 0 Å². The molecule has 25 heavy (non-hydrogen) atoms. The molecule has 7 nitrogen and oxygen atoms in total. The zero-order valence-corrected chi connectivity index (χ0v) is 14.5. The number of nitrogens with one attached hydrogen (secondary N) is 1. The predicted molar refractivity (Wildman–Crippen MR) is 94.1 cm³/mol. The van der Waals surface area contributed by atoms with Crippen LogP contribution in [0.15, 0.2) is 30.5 Å². The number of ether oxygens (including phenoxy) is 1. The Kier molecular flexibility index (Phi) is 5.53. The molecule has 134 valence electrons. The average molecular weight is 344 g/mol. The zero-order valence-electron chi connectivity index (χ0n) is 14.5. The van der Waals surface area contributed by atoms with Crippen molar-refractivity contribution in [2.24, 2.45) is 0 Å². The number of methoxy groups -OCH3 is 1. The lowest BCUT2D eigenvalue weighted by Crippen LogP contribution is -2.52. The number of piperidine rings is 1. The molecule has 0 bridgehead atoms. The molecular formula is C18H24N4O3. The predicted octanol–water partition coefficient (Wildman–Crippen LogP) is 2.16. The fourth-order valence-corrected chi connectivity index (χ4v) is 3.30. The number of benzene rings is 1. The van der Waals surface area contributed by atoms with Gasteiger partial charge in [-0.05, 0) is 31.7 Å². The molecular weight excluding hydrogens is 320 g/mol. The summed E-state index contributed by atoms with van der Waals surface area (Å²) in [5, 5.41) is 8.44. The molecule has 2 amide bonds. The van der Waals surface area contributed by atoms with E-state index >= 15 is 0 Å². The minimum absolute atomic E-state index is 0.101. The van der Waals surface area contributed by atoms with Crippen LogP contribution in [-0.4, -0.2) is 52.9 Å². The van der Waals surface area contributed by atoms with Crippen LogP contribution in [0.25, 0.3) is 10.9 Å². The van der Waals surface area contributed by atoms with Gasteiger partial charge in [0.25, 0.3) is 0 Å². The van der Waals surface area contributed by atoms with Crippen LogP contribution in [0.3, 0.4) is 0 Å². The number of aromatic nitrogens is 2. The van der Waals surface area contributed by atoms with Crippen molar-refractivity contribution in [2.75, 3.05) is 20.2 Å². The number of aryl methyl sites for hydroxylation is 1. The van der Waals surface area contributed by atoms with E-state index in [1.54, 1.807) is 0 Å². The summed E-state index contributed by atoms with van der Waals surface area (Å²) < 4.78 is 6.73. The minimum atomic E-state index is -0.428. The molecule has 1 aliphatic heterocycles. The van der Waals surface area contributed by atoms with E-state index in [4.69, 9.17) is 4.74 Å². The normalized spacial score (nSPS) is 17.5. The lowest BCUT2D eigenvalue weighted by molar-refractivity contribution is -0.127. The molecule has 2 heterocycles. The van der Waals surface area contributed by atoms with Gasteiger partial charge < -0.3 is 10.1 Å². The van der Waals surface area contributed by atoms with Crippen molar-refractivity contribution in [3.63, 3.8) is 0 Å². The second-order valence-corrected chi connectivity index (χ2v) is 6.25. The van der Waals surface area contributed by atoms with Crippen LogP contribution >= 0.6 is 0 Å². The number of hydrogen-bond acceptors (Lipinski definition) is 4. The highest BCUT2D eigenvalue weighted by Crippen LogP contribution is 2.18. The van der Waals surface area contributed by atoms with Gasteiger partial charge in [0.2, 0.25) is 5.91 Å². The fraction of sp³-hybridized carbons (Fsp3) is 0.500. The van der Waals surface area contributed by atoms with Gasteiger partial charge in [-0.15, -0.1) is 0 Å². The molecule has 1 N–H and O–H groups in total. The van der Waals surface area contributed by atoms with Gasteiger partial charge in [0.1, 0.15) is 6.04 Å². The zero-order chi connectivity index (χ0) is 17.6. The fourth-order valence-electron chi connectivity index (χ4n) is 3.30. The molecule has 3 rings (SSSR count). The monoisotopic (exact) mass is 344 g/mol. The van der Waals surface area contributed by atoms with E-state index in [-0.39, 0.29) is 5.91 Å². The Morgan fingerprint density at radius 2 is 2.16 bits per heavy atom. The van der Waals surface area contributed by atoms with Crippen LogP contribution < -0.4 is 5.32 Å². The number of nitrogens with zero attached hydrogens (tertiary/aromatic N) is 3. The van der Waals surface area contributed by atoms with Gasteiger partial charge in [-0.25, -0.2) is 4.79 Å². The SMILES string of the molecule is COC(=O)N1CCCC[C@H]1C(=O)NCCCn1ncc2ccccc21. The van der Waals surface area contributed by atoms with Gasteiger partial charge >= 0.3 is 6.09 Å². The number of hydrogen-bond donors (Lipinski definition) is 1. The highest BCUT2D eigenvalue weighted by atomic mass is 16.5. The van der Waals surface area contributed by atoms with Crippen LogP contribution in [0, 0.1) is 0 Å². The standard InChI is InChI=1S/C18H24N4O3/c1-25-18(24)21-11-5-4-9-16(21)17(23)19-10-6-12-22-15-8-3-2-7-14(15)13-20-22/h2-3,7-8,13,16H,4-6,9-12H2,1H3,(H,19,23)/t16-/m0/s1. The molecule has 7 heteroatoms. The molecule has 0 aliphatic carbocycles. The van der Waals surface area contributed by atoms with Gasteiger partial charge in [-0.1, -0.05) is 18.2 Å². The van der Waals surface area contributed by atoms with E-state index < -0.39 is 12.1 Å². The van der Waals surface area contributed by atoms with Crippen LogP contribution in [0.5, 0.6) is 0 Å². The Morgan fingerprint density at radius 3 is 3.00 bits per heavy atom. The Balaban J connectivity index is 1.49. The molecule has 1 saturated heterocycles. The van der Waals surface area contributed by atoms with Crippen LogP contribution in [-0.2, 0) is 16.1 Å². The maximum absolute atomic E-state index is 12.4. The third kappa shape index (κ3) is 3.92. The second kappa shape index (κ2) is 8.00. The topological polar surface area (TPSA) is 76.5 Å². The Morgan fingerprint density at radius 1 is 1.32 bits per heavy atom. The lowest BCUT2D eigenvalue weighted by Gasteiger charge is -2.33. The molecule has 0 saturated carbocycles. The number of para-hydroxylation sites is 1. The van der Waals surface area contributed by atoms with Crippen LogP contribution in [0.2, 0.25) is 0 Å². The maximum atomic E-state index is 12.4. The molecule has 0 unspecified atom stereocenters. The van der Waals surface area contributed by atoms with Crippen molar-refractivity contribution in [3.05, 3.63) is 30.5 Å². The maximum Gasteiger partial charge on any atom is 0.410 e. The summed E-state index contributed by atoms with van der Waals surface area (Å²) in [4.78, 5) is 25.8. The highest BCUT2D eigenvalue weighted by Gasteiger charge is 2.32. The van der Waals surface area contributed by atoms with E-state index in [0.717, 1.165) is 36.7 Å². The molecule has 0 radical (unpaired) electrons. The quantitative estimate of drug-likeness (QED) is 0.844. The summed E-state index contributed by atoms with van der Waals surface area (Å²) >= 11 is 0. The van der Waals surface area contributed by atoms with Crippen molar-refractivity contribution in [1.82, 2.24) is 20.0 Å². The largest absolute Gasteiger partial charge is 0.453 e. The van der Waals surface area contributed by atoms with Crippen molar-refractivity contribution in [3.8, 4) is 0 Å². The smallest absolute Gasteiger partial charge is 0.410 e. The minimum Gasteiger partial charge on any atom is -0.453 e. The number of fused-ring (bicyclic) bond motifs is 1. The van der Waals surface area contributed by atoms with Gasteiger partial charge in [-0.2, -0.15) is 5.10 Å². The summed E-state index contributed by atoms with van der Waals surface area (Å²) in [7, 11) is 1.35. The molecule has 1 aromatic heterocycles. The van der Waals surface area contributed by atoms with E-state index in [1.807, 2.05) is 35.1 Å². The van der Waals surface area contributed by atoms with Crippen LogP contribution in [0.1, 0.15) is 25.7 Å². The Hall–Kier alpha value is -2.57. The van der Waals surface area contributed by atoms with Crippen molar-refractivity contribution >= 4 is 22.9 Å². The summed E-state index contributed by atoms with van der Waals surface area (Å²) in [6, 6.07) is 7.63. The first kappa shape index (κ1) is 17.3. The molecule has 1 aromatic carbocycles. The van der Waals surface area contributed by atoms with Crippen molar-refractivity contribution in [1.29, 1.82) is 0 Å². The number of carbonyl (C=O) groups is 2. The van der Waals surface area contributed by atoms with E-state index in [0.29, 0.717) is 19.5 Å². The molecule has 1 aliphatic rings. The van der Waals surface area contributed by atoms with Gasteiger partial charge in [-0.3, -0.25) is 14.4 Å². The van der Waals surface area contributed by atoms with Crippen molar-refractivity contribution in [2.45, 2.75) is 38.3 Å². The van der Waals surface area contributed by atoms with Crippen molar-refractivity contribution < 1.29 is 14.3 Å². The summed E-state index contributed by atoms with van der Waals surface area (Å²) in [5.74, 6) is -0.101. The number of amides is 2. The second-order valence-electron chi connectivity index (χ2n) is 6.25. The van der Waals surface area contributed by atoms with E-state index in [9.17, 15) is 9.59 Å². The van der Waals surface area contributed by atoms with E-state index in [2.05, 4.69) is 10.4 Å². The summed E-state index contributed by atoms with van der Waals surface area (Å²) in [5.41, 5.74) is 1.10. The Labute approximate surface area is 146 Å². The van der Waals surface area contributed by atoms with Gasteiger partial charge in [0, 0.05) is 25.0 Å². The first-order chi connectivity index (χ1) is 12.2. The van der Waals surface area contributed by atoms with Gasteiger partial charge in [0.05, 0.1) is 18.8 Å².